The molecule has 0 bridgehead atoms. The zero-order valence-corrected chi connectivity index (χ0v) is 16.6. The van der Waals surface area contributed by atoms with Crippen molar-refractivity contribution >= 4 is 10.0 Å². The van der Waals surface area contributed by atoms with Crippen LogP contribution in [0.15, 0.2) is 35.5 Å². The molecule has 27 heavy (non-hydrogen) atoms. The normalized spacial score (nSPS) is 20.3. The SMILES string of the molecule is COc1nccnc1OC1CCC(NS(=O)(=O)c2cc(C)ccc2C)CC1. The summed E-state index contributed by atoms with van der Waals surface area (Å²) >= 11 is 0. The second-order valence-electron chi connectivity index (χ2n) is 6.85. The number of benzene rings is 1. The zero-order chi connectivity index (χ0) is 19.4. The monoisotopic (exact) mass is 391 g/mol. The Morgan fingerprint density at radius 3 is 2.37 bits per heavy atom. The van der Waals surface area contributed by atoms with Gasteiger partial charge in [-0.1, -0.05) is 12.1 Å². The summed E-state index contributed by atoms with van der Waals surface area (Å²) in [5.41, 5.74) is 1.68. The van der Waals surface area contributed by atoms with E-state index in [1.165, 1.54) is 7.11 Å². The van der Waals surface area contributed by atoms with Crippen LogP contribution in [0.3, 0.4) is 0 Å². The molecular weight excluding hydrogens is 366 g/mol. The third kappa shape index (κ3) is 4.75. The molecule has 0 amide bonds. The van der Waals surface area contributed by atoms with Gasteiger partial charge < -0.3 is 9.47 Å². The fourth-order valence-corrected chi connectivity index (χ4v) is 4.90. The minimum Gasteiger partial charge on any atom is -0.477 e. The van der Waals surface area contributed by atoms with Crippen LogP contribution < -0.4 is 14.2 Å². The van der Waals surface area contributed by atoms with E-state index < -0.39 is 10.0 Å². The summed E-state index contributed by atoms with van der Waals surface area (Å²) in [5, 5.41) is 0. The molecule has 1 heterocycles. The largest absolute Gasteiger partial charge is 0.477 e. The number of methoxy groups -OCH3 is 1. The summed E-state index contributed by atoms with van der Waals surface area (Å²) in [5.74, 6) is 0.731. The Bertz CT molecular complexity index is 894. The van der Waals surface area contributed by atoms with Crippen molar-refractivity contribution in [2.45, 2.75) is 56.6 Å². The molecule has 0 radical (unpaired) electrons. The van der Waals surface area contributed by atoms with Crippen LogP contribution >= 0.6 is 0 Å². The Labute approximate surface area is 160 Å². The van der Waals surface area contributed by atoms with Crippen LogP contribution in [0.4, 0.5) is 0 Å². The van der Waals surface area contributed by atoms with Gasteiger partial charge in [0.1, 0.15) is 6.10 Å². The fraction of sp³-hybridized carbons (Fsp3) is 0.474. The van der Waals surface area contributed by atoms with Gasteiger partial charge in [-0.25, -0.2) is 23.1 Å². The van der Waals surface area contributed by atoms with E-state index in [4.69, 9.17) is 9.47 Å². The van der Waals surface area contributed by atoms with Gasteiger partial charge in [-0.2, -0.15) is 0 Å². The second-order valence-corrected chi connectivity index (χ2v) is 8.53. The number of aromatic nitrogens is 2. The number of aryl methyl sites for hydroxylation is 2. The summed E-state index contributed by atoms with van der Waals surface area (Å²) in [6, 6.07) is 5.37. The van der Waals surface area contributed by atoms with Crippen molar-refractivity contribution in [2.75, 3.05) is 7.11 Å². The molecule has 2 aromatic rings. The maximum Gasteiger partial charge on any atom is 0.278 e. The lowest BCUT2D eigenvalue weighted by atomic mass is 9.94. The van der Waals surface area contributed by atoms with Crippen LogP contribution in [0.1, 0.15) is 36.8 Å². The van der Waals surface area contributed by atoms with Gasteiger partial charge in [0, 0.05) is 18.4 Å². The minimum atomic E-state index is -3.53. The van der Waals surface area contributed by atoms with Gasteiger partial charge >= 0.3 is 0 Å². The van der Waals surface area contributed by atoms with Crippen molar-refractivity contribution in [1.29, 1.82) is 0 Å². The maximum absolute atomic E-state index is 12.8. The van der Waals surface area contributed by atoms with Gasteiger partial charge in [-0.05, 0) is 56.7 Å². The van der Waals surface area contributed by atoms with Crippen molar-refractivity contribution in [2.24, 2.45) is 0 Å². The smallest absolute Gasteiger partial charge is 0.278 e. The average molecular weight is 391 g/mol. The van der Waals surface area contributed by atoms with E-state index in [0.717, 1.165) is 24.0 Å². The van der Waals surface area contributed by atoms with E-state index >= 15 is 0 Å². The van der Waals surface area contributed by atoms with Crippen LogP contribution in [-0.4, -0.2) is 37.6 Å². The highest BCUT2D eigenvalue weighted by molar-refractivity contribution is 7.89. The minimum absolute atomic E-state index is 0.0305. The summed E-state index contributed by atoms with van der Waals surface area (Å²) in [6.45, 7) is 3.70. The molecule has 7 nitrogen and oxygen atoms in total. The van der Waals surface area contributed by atoms with Crippen LogP contribution in [0.2, 0.25) is 0 Å². The Balaban J connectivity index is 1.60. The molecule has 1 fully saturated rings. The third-order valence-electron chi connectivity index (χ3n) is 4.73. The molecule has 0 unspecified atom stereocenters. The summed E-state index contributed by atoms with van der Waals surface area (Å²) < 4.78 is 39.4. The molecular formula is C19H25N3O4S. The predicted octanol–water partition coefficient (Wildman–Crippen LogP) is 2.77. The molecule has 0 saturated heterocycles. The van der Waals surface area contributed by atoms with Crippen LogP contribution in [0, 0.1) is 13.8 Å². The van der Waals surface area contributed by atoms with Crippen LogP contribution in [-0.2, 0) is 10.0 Å². The molecule has 146 valence electrons. The van der Waals surface area contributed by atoms with E-state index in [2.05, 4.69) is 14.7 Å². The van der Waals surface area contributed by atoms with Crippen molar-refractivity contribution in [3.05, 3.63) is 41.7 Å². The molecule has 0 aliphatic heterocycles. The average Bonchev–Trinajstić information content (AvgIpc) is 2.65. The lowest BCUT2D eigenvalue weighted by Gasteiger charge is -2.29. The quantitative estimate of drug-likeness (QED) is 0.814. The molecule has 0 atom stereocenters. The fourth-order valence-electron chi connectivity index (χ4n) is 3.27. The number of hydrogen-bond acceptors (Lipinski definition) is 6. The number of nitrogens with one attached hydrogen (secondary N) is 1. The molecule has 1 aliphatic rings. The summed E-state index contributed by atoms with van der Waals surface area (Å²) in [4.78, 5) is 8.58. The molecule has 1 aromatic carbocycles. The van der Waals surface area contributed by atoms with E-state index in [0.29, 0.717) is 29.5 Å². The van der Waals surface area contributed by atoms with Crippen molar-refractivity contribution in [1.82, 2.24) is 14.7 Å². The van der Waals surface area contributed by atoms with Crippen molar-refractivity contribution < 1.29 is 17.9 Å². The van der Waals surface area contributed by atoms with E-state index in [9.17, 15) is 8.42 Å². The van der Waals surface area contributed by atoms with Crippen molar-refractivity contribution in [3.63, 3.8) is 0 Å². The van der Waals surface area contributed by atoms with Crippen molar-refractivity contribution in [3.8, 4) is 11.8 Å². The Morgan fingerprint density at radius 2 is 1.70 bits per heavy atom. The van der Waals surface area contributed by atoms with Gasteiger partial charge in [-0.15, -0.1) is 0 Å². The van der Waals surface area contributed by atoms with Gasteiger partial charge in [0.05, 0.1) is 12.0 Å². The Kier molecular flexibility index (Phi) is 5.96. The number of ether oxygens (including phenoxy) is 2. The van der Waals surface area contributed by atoms with Crippen LogP contribution in [0.5, 0.6) is 11.8 Å². The first-order chi connectivity index (χ1) is 12.9. The maximum atomic E-state index is 12.8. The number of rotatable bonds is 6. The van der Waals surface area contributed by atoms with E-state index in [1.807, 2.05) is 26.0 Å². The molecule has 1 N–H and O–H groups in total. The van der Waals surface area contributed by atoms with Gasteiger partial charge in [0.15, 0.2) is 0 Å². The lowest BCUT2D eigenvalue weighted by Crippen LogP contribution is -2.40. The molecule has 1 aromatic heterocycles. The highest BCUT2D eigenvalue weighted by Gasteiger charge is 2.28. The number of sulfonamides is 1. The first-order valence-electron chi connectivity index (χ1n) is 9.00. The summed E-state index contributed by atoms with van der Waals surface area (Å²) in [6.07, 6.45) is 5.96. The molecule has 1 aliphatic carbocycles. The topological polar surface area (TPSA) is 90.4 Å². The highest BCUT2D eigenvalue weighted by Crippen LogP contribution is 2.28. The Hall–Kier alpha value is -2.19. The molecule has 0 spiro atoms. The Morgan fingerprint density at radius 1 is 1.04 bits per heavy atom. The molecule has 1 saturated carbocycles. The number of hydrogen-bond donors (Lipinski definition) is 1. The third-order valence-corrected chi connectivity index (χ3v) is 6.40. The first-order valence-corrected chi connectivity index (χ1v) is 10.5. The molecule has 3 rings (SSSR count). The van der Waals surface area contributed by atoms with Crippen LogP contribution in [0.25, 0.3) is 0 Å². The van der Waals surface area contributed by atoms with E-state index in [-0.39, 0.29) is 12.1 Å². The second kappa shape index (κ2) is 8.22. The van der Waals surface area contributed by atoms with Gasteiger partial charge in [0.2, 0.25) is 10.0 Å². The predicted molar refractivity (Wildman–Crippen MR) is 101 cm³/mol. The highest BCUT2D eigenvalue weighted by atomic mass is 32.2. The standard InChI is InChI=1S/C19H25N3O4S/c1-13-4-5-14(2)17(12-13)27(23,24)22-15-6-8-16(9-7-15)26-19-18(25-3)20-10-11-21-19/h4-5,10-12,15-16,22H,6-9H2,1-3H3. The first kappa shape index (κ1) is 19.6. The number of nitrogens with zero attached hydrogens (tertiary/aromatic N) is 2. The van der Waals surface area contributed by atoms with Gasteiger partial charge in [0.25, 0.3) is 11.8 Å². The summed E-state index contributed by atoms with van der Waals surface area (Å²) in [7, 11) is -2.01. The molecule has 8 heteroatoms. The zero-order valence-electron chi connectivity index (χ0n) is 15.8. The lowest BCUT2D eigenvalue weighted by molar-refractivity contribution is 0.132. The van der Waals surface area contributed by atoms with E-state index in [1.54, 1.807) is 18.5 Å². The van der Waals surface area contributed by atoms with Gasteiger partial charge in [-0.3, -0.25) is 0 Å².